The summed E-state index contributed by atoms with van der Waals surface area (Å²) in [6.45, 7) is 6.42. The van der Waals surface area contributed by atoms with Crippen LogP contribution in [0.1, 0.15) is 239 Å². The van der Waals surface area contributed by atoms with Gasteiger partial charge >= 0.3 is 17.9 Å². The second-order valence-corrected chi connectivity index (χ2v) is 17.0. The second kappa shape index (κ2) is 51.2. The summed E-state index contributed by atoms with van der Waals surface area (Å²) in [5.74, 6) is -0.935. The van der Waals surface area contributed by atoms with Gasteiger partial charge < -0.3 is 14.2 Å². The number of esters is 3. The molecule has 0 radical (unpaired) electrons. The third-order valence-electron chi connectivity index (χ3n) is 10.9. The molecule has 0 saturated heterocycles. The Hall–Kier alpha value is -3.41. The Morgan fingerprint density at radius 1 is 0.333 bits per heavy atom. The van der Waals surface area contributed by atoms with E-state index in [9.17, 15) is 14.4 Å². The van der Waals surface area contributed by atoms with Crippen LogP contribution in [0.3, 0.4) is 0 Å². The Morgan fingerprint density at radius 2 is 0.635 bits per heavy atom. The molecule has 0 bridgehead atoms. The summed E-state index contributed by atoms with van der Waals surface area (Å²) >= 11 is 0. The highest BCUT2D eigenvalue weighted by Gasteiger charge is 2.19. The van der Waals surface area contributed by atoms with Crippen molar-refractivity contribution in [3.63, 3.8) is 0 Å². The van der Waals surface area contributed by atoms with E-state index in [0.717, 1.165) is 122 Å². The number of hydrogen-bond acceptors (Lipinski definition) is 6. The number of allylic oxidation sites excluding steroid dienone is 14. The Kier molecular flexibility index (Phi) is 48.5. The lowest BCUT2D eigenvalue weighted by molar-refractivity contribution is -0.167. The van der Waals surface area contributed by atoms with Crippen LogP contribution >= 0.6 is 0 Å². The van der Waals surface area contributed by atoms with Crippen molar-refractivity contribution in [2.75, 3.05) is 13.2 Å². The van der Waals surface area contributed by atoms with Crippen LogP contribution in [-0.4, -0.2) is 37.2 Å². The Balaban J connectivity index is 4.43. The smallest absolute Gasteiger partial charge is 0.306 e. The van der Waals surface area contributed by atoms with Crippen molar-refractivity contribution in [2.24, 2.45) is 0 Å². The summed E-state index contributed by atoms with van der Waals surface area (Å²) in [6.07, 6.45) is 65.6. The quantitative estimate of drug-likeness (QED) is 0.0262. The van der Waals surface area contributed by atoms with E-state index in [2.05, 4.69) is 106 Å². The number of rotatable bonds is 46. The zero-order valence-corrected chi connectivity index (χ0v) is 41.1. The molecule has 0 heterocycles. The maximum atomic E-state index is 12.8. The molecular weight excluding hydrogens is 781 g/mol. The molecule has 0 aromatic rings. The van der Waals surface area contributed by atoms with Crippen molar-refractivity contribution in [1.82, 2.24) is 0 Å². The van der Waals surface area contributed by atoms with E-state index in [-0.39, 0.29) is 31.1 Å². The fourth-order valence-electron chi connectivity index (χ4n) is 6.91. The lowest BCUT2D eigenvalue weighted by atomic mass is 10.1. The van der Waals surface area contributed by atoms with Gasteiger partial charge in [-0.15, -0.1) is 0 Å². The molecule has 0 aliphatic rings. The summed E-state index contributed by atoms with van der Waals surface area (Å²) in [5.41, 5.74) is 0. The van der Waals surface area contributed by atoms with E-state index in [0.29, 0.717) is 19.3 Å². The third kappa shape index (κ3) is 49.5. The molecule has 6 nitrogen and oxygen atoms in total. The van der Waals surface area contributed by atoms with E-state index in [1.165, 1.54) is 77.0 Å². The first-order valence-electron chi connectivity index (χ1n) is 26.1. The van der Waals surface area contributed by atoms with Gasteiger partial charge in [-0.05, 0) is 109 Å². The normalized spacial score (nSPS) is 12.7. The van der Waals surface area contributed by atoms with Gasteiger partial charge in [0, 0.05) is 19.3 Å². The van der Waals surface area contributed by atoms with Crippen molar-refractivity contribution in [3.05, 3.63) is 85.1 Å². The molecule has 0 aromatic heterocycles. The zero-order chi connectivity index (χ0) is 45.8. The molecule has 0 aromatic carbocycles. The largest absolute Gasteiger partial charge is 0.462 e. The van der Waals surface area contributed by atoms with Crippen LogP contribution in [0.25, 0.3) is 0 Å². The SMILES string of the molecule is CC/C=C\C/C=C\C/C=C\C/C=C\CCCCCCC(=O)OC[C@H](COC(=O)CCCCCCC/C=C\CCCC)OC(=O)CCCCCCCCC/C=C\C/C=C\CCCCC. The van der Waals surface area contributed by atoms with E-state index in [1.54, 1.807) is 0 Å². The van der Waals surface area contributed by atoms with Gasteiger partial charge in [0.15, 0.2) is 6.10 Å². The van der Waals surface area contributed by atoms with Crippen LogP contribution in [0.5, 0.6) is 0 Å². The first-order chi connectivity index (χ1) is 31.0. The molecule has 0 aliphatic carbocycles. The number of unbranched alkanes of at least 4 members (excludes halogenated alkanes) is 21. The Labute approximate surface area is 388 Å². The van der Waals surface area contributed by atoms with Crippen molar-refractivity contribution in [3.8, 4) is 0 Å². The lowest BCUT2D eigenvalue weighted by Crippen LogP contribution is -2.30. The fraction of sp³-hybridized carbons (Fsp3) is 0.702. The Morgan fingerprint density at radius 3 is 1.03 bits per heavy atom. The second-order valence-electron chi connectivity index (χ2n) is 17.0. The molecule has 0 N–H and O–H groups in total. The van der Waals surface area contributed by atoms with Crippen LogP contribution in [-0.2, 0) is 28.6 Å². The maximum absolute atomic E-state index is 12.8. The predicted octanol–water partition coefficient (Wildman–Crippen LogP) is 17.2. The maximum Gasteiger partial charge on any atom is 0.306 e. The Bertz CT molecular complexity index is 1240. The zero-order valence-electron chi connectivity index (χ0n) is 41.1. The molecule has 0 amide bonds. The summed E-state index contributed by atoms with van der Waals surface area (Å²) in [7, 11) is 0. The predicted molar refractivity (Wildman–Crippen MR) is 270 cm³/mol. The average molecular weight is 877 g/mol. The summed E-state index contributed by atoms with van der Waals surface area (Å²) < 4.78 is 16.8. The van der Waals surface area contributed by atoms with Gasteiger partial charge in [0.05, 0.1) is 0 Å². The molecule has 0 aliphatic heterocycles. The van der Waals surface area contributed by atoms with Crippen LogP contribution in [0, 0.1) is 0 Å². The van der Waals surface area contributed by atoms with E-state index in [4.69, 9.17) is 14.2 Å². The highest BCUT2D eigenvalue weighted by molar-refractivity contribution is 5.71. The van der Waals surface area contributed by atoms with Crippen LogP contribution in [0.2, 0.25) is 0 Å². The molecule has 1 atom stereocenters. The standard InChI is InChI=1S/C57H96O6/c1-4-7-10-13-16-19-22-24-26-28-30-32-35-38-41-44-47-50-56(59)62-53-54(52-61-55(58)49-46-43-40-37-34-21-18-15-12-9-6-3)63-57(60)51-48-45-42-39-36-33-31-29-27-25-23-20-17-14-11-8-5-2/h7,10,15-20,24-27,30,32,54H,4-6,8-9,11-14,21-23,28-29,31,33-53H2,1-3H3/b10-7-,18-15-,19-16-,20-17-,26-24-,27-25-,32-30-/t54-/m0/s1. The minimum atomic E-state index is -0.794. The van der Waals surface area contributed by atoms with Gasteiger partial charge in [0.1, 0.15) is 13.2 Å². The highest BCUT2D eigenvalue weighted by Crippen LogP contribution is 2.14. The van der Waals surface area contributed by atoms with Crippen LogP contribution < -0.4 is 0 Å². The molecule has 0 spiro atoms. The number of carbonyl (C=O) groups is 3. The van der Waals surface area contributed by atoms with Gasteiger partial charge in [-0.2, -0.15) is 0 Å². The minimum absolute atomic E-state index is 0.0928. The average Bonchev–Trinajstić information content (AvgIpc) is 3.28. The van der Waals surface area contributed by atoms with Gasteiger partial charge in [-0.25, -0.2) is 0 Å². The van der Waals surface area contributed by atoms with E-state index in [1.807, 2.05) is 0 Å². The van der Waals surface area contributed by atoms with Crippen molar-refractivity contribution in [2.45, 2.75) is 245 Å². The topological polar surface area (TPSA) is 78.9 Å². The van der Waals surface area contributed by atoms with Crippen molar-refractivity contribution < 1.29 is 28.6 Å². The minimum Gasteiger partial charge on any atom is -0.462 e. The van der Waals surface area contributed by atoms with Crippen LogP contribution in [0.15, 0.2) is 85.1 Å². The molecular formula is C57H96O6. The number of hydrogen-bond donors (Lipinski definition) is 0. The number of ether oxygens (including phenoxy) is 3. The van der Waals surface area contributed by atoms with Gasteiger partial charge in [-0.1, -0.05) is 196 Å². The van der Waals surface area contributed by atoms with Gasteiger partial charge in [-0.3, -0.25) is 14.4 Å². The summed E-state index contributed by atoms with van der Waals surface area (Å²) in [6, 6.07) is 0. The van der Waals surface area contributed by atoms with Gasteiger partial charge in [0.2, 0.25) is 0 Å². The lowest BCUT2D eigenvalue weighted by Gasteiger charge is -2.18. The third-order valence-corrected chi connectivity index (χ3v) is 10.9. The first kappa shape index (κ1) is 59.6. The highest BCUT2D eigenvalue weighted by atomic mass is 16.6. The fourth-order valence-corrected chi connectivity index (χ4v) is 6.91. The van der Waals surface area contributed by atoms with Gasteiger partial charge in [0.25, 0.3) is 0 Å². The summed E-state index contributed by atoms with van der Waals surface area (Å²) in [4.78, 5) is 38.0. The molecule has 63 heavy (non-hydrogen) atoms. The monoisotopic (exact) mass is 877 g/mol. The molecule has 0 unspecified atom stereocenters. The number of carbonyl (C=O) groups excluding carboxylic acids is 3. The van der Waals surface area contributed by atoms with Crippen molar-refractivity contribution in [1.29, 1.82) is 0 Å². The molecule has 0 rings (SSSR count). The first-order valence-corrected chi connectivity index (χ1v) is 26.1. The molecule has 0 saturated carbocycles. The van der Waals surface area contributed by atoms with E-state index < -0.39 is 6.10 Å². The molecule has 360 valence electrons. The van der Waals surface area contributed by atoms with Crippen LogP contribution in [0.4, 0.5) is 0 Å². The summed E-state index contributed by atoms with van der Waals surface area (Å²) in [5, 5.41) is 0. The van der Waals surface area contributed by atoms with E-state index >= 15 is 0 Å². The molecule has 0 fully saturated rings. The van der Waals surface area contributed by atoms with Crippen molar-refractivity contribution >= 4 is 17.9 Å². The molecule has 6 heteroatoms.